The summed E-state index contributed by atoms with van der Waals surface area (Å²) in [4.78, 5) is 42.1. The summed E-state index contributed by atoms with van der Waals surface area (Å²) in [5.41, 5.74) is 0. The van der Waals surface area contributed by atoms with Gasteiger partial charge in [0, 0.05) is 19.1 Å². The maximum Gasteiger partial charge on any atom is 1.00 e. The predicted octanol–water partition coefficient (Wildman–Crippen LogP) is -15.4. The van der Waals surface area contributed by atoms with Crippen LogP contribution in [-0.2, 0) is 19.2 Å². The van der Waals surface area contributed by atoms with Gasteiger partial charge in [0.1, 0.15) is 0 Å². The molecule has 0 unspecified atom stereocenters. The van der Waals surface area contributed by atoms with Crippen LogP contribution >= 0.6 is 0 Å². The predicted molar refractivity (Wildman–Crippen MR) is 45.7 cm³/mol. The van der Waals surface area contributed by atoms with Crippen molar-refractivity contribution in [1.82, 2.24) is 4.90 Å². The second kappa shape index (κ2) is 15.7. The first-order valence-corrected chi connectivity index (χ1v) is 4.78. The van der Waals surface area contributed by atoms with Gasteiger partial charge < -0.3 is 39.6 Å². The molecule has 0 radical (unpaired) electrons. The molecule has 0 saturated heterocycles. The maximum absolute atomic E-state index is 10.7. The fourth-order valence-electron chi connectivity index (χ4n) is 1.31. The van der Waals surface area contributed by atoms with Crippen LogP contribution in [0.15, 0.2) is 0 Å². The van der Waals surface area contributed by atoms with Crippen LogP contribution in [0.1, 0.15) is 14.3 Å². The van der Waals surface area contributed by atoms with E-state index in [1.165, 1.54) is 0 Å². The molecule has 0 aromatic rings. The van der Waals surface area contributed by atoms with Crippen LogP contribution in [0, 0.1) is 0 Å². The standard InChI is InChI=1S/C9H13NO8.3Na/c11-6(12)2-1-5(9(17)18)10(3-7(13)14)4-8(15)16;;;/h5H,1-4H2,(H,11,12)(H,13,14)(H,15,16)(H,17,18);;;/q;3*+1/p-3/t5-;;;/m0.../s1. The summed E-state index contributed by atoms with van der Waals surface area (Å²) in [6.07, 6.45) is -1.24. The molecule has 0 aromatic heterocycles. The minimum absolute atomic E-state index is 0. The number of hydrogen-bond acceptors (Lipinski definition) is 9. The zero-order chi connectivity index (χ0) is 14.3. The molecular weight excluding hydrogens is 319 g/mol. The van der Waals surface area contributed by atoms with Crippen molar-refractivity contribution in [3.63, 3.8) is 0 Å². The van der Waals surface area contributed by atoms with E-state index in [4.69, 9.17) is 0 Å². The zero-order valence-electron chi connectivity index (χ0n) is 13.1. The Morgan fingerprint density at radius 3 is 1.43 bits per heavy atom. The molecule has 0 fully saturated rings. The summed E-state index contributed by atoms with van der Waals surface area (Å²) in [5, 5.41) is 41.6. The summed E-state index contributed by atoms with van der Waals surface area (Å²) in [7, 11) is 0. The third-order valence-corrected chi connectivity index (χ3v) is 2.00. The first-order chi connectivity index (χ1) is 8.23. The molecule has 0 bridgehead atoms. The van der Waals surface area contributed by atoms with Crippen molar-refractivity contribution < 1.29 is 130 Å². The third kappa shape index (κ3) is 15.5. The Hall–Kier alpha value is 0.840. The van der Waals surface area contributed by atoms with Crippen molar-refractivity contribution in [1.29, 1.82) is 0 Å². The first-order valence-electron chi connectivity index (χ1n) is 4.78. The smallest absolute Gasteiger partial charge is 0.550 e. The SMILES string of the molecule is O=C([O-])CC[C@@H](C(=O)[O-])N(CC(=O)[O-])CC(=O)[O-].[H+].[Na+].[Na+].[Na+]. The van der Waals surface area contributed by atoms with E-state index in [0.29, 0.717) is 4.90 Å². The second-order valence-corrected chi connectivity index (χ2v) is 3.39. The molecule has 0 heterocycles. The second-order valence-electron chi connectivity index (χ2n) is 3.39. The molecule has 21 heavy (non-hydrogen) atoms. The summed E-state index contributed by atoms with van der Waals surface area (Å²) >= 11 is 0. The summed E-state index contributed by atoms with van der Waals surface area (Å²) in [6.45, 7) is -2.00. The fourth-order valence-corrected chi connectivity index (χ4v) is 1.31. The number of carboxylic acids is 4. The molecule has 0 spiro atoms. The van der Waals surface area contributed by atoms with E-state index in [1.807, 2.05) is 0 Å². The Balaban J connectivity index is -0.000000241. The fraction of sp³-hybridized carbons (Fsp3) is 0.556. The van der Waals surface area contributed by atoms with Gasteiger partial charge in [0.15, 0.2) is 0 Å². The van der Waals surface area contributed by atoms with Crippen LogP contribution in [0.3, 0.4) is 0 Å². The summed E-state index contributed by atoms with van der Waals surface area (Å²) in [6, 6.07) is -1.70. The van der Waals surface area contributed by atoms with E-state index >= 15 is 0 Å². The van der Waals surface area contributed by atoms with Crippen molar-refractivity contribution in [2.24, 2.45) is 0 Å². The Morgan fingerprint density at radius 1 is 0.810 bits per heavy atom. The van der Waals surface area contributed by atoms with E-state index in [-0.39, 0.29) is 90.1 Å². The summed E-state index contributed by atoms with van der Waals surface area (Å²) < 4.78 is 0. The molecule has 0 rings (SSSR count). The first kappa shape index (κ1) is 29.8. The molecule has 1 atom stereocenters. The molecule has 0 N–H and O–H groups in total. The number of aliphatic carboxylic acids is 4. The molecule has 0 amide bonds. The van der Waals surface area contributed by atoms with Crippen molar-refractivity contribution in [3.8, 4) is 0 Å². The Morgan fingerprint density at radius 2 is 1.19 bits per heavy atom. The summed E-state index contributed by atoms with van der Waals surface area (Å²) in [5.74, 6) is -6.77. The number of nitrogens with zero attached hydrogens (tertiary/aromatic N) is 1. The topological polar surface area (TPSA) is 164 Å². The maximum atomic E-state index is 10.7. The third-order valence-electron chi connectivity index (χ3n) is 2.00. The molecule has 0 aliphatic rings. The number of hydrogen-bond donors (Lipinski definition) is 0. The van der Waals surface area contributed by atoms with Gasteiger partial charge in [0.2, 0.25) is 0 Å². The van der Waals surface area contributed by atoms with E-state index in [0.717, 1.165) is 0 Å². The number of carbonyl (C=O) groups is 4. The number of carboxylic acid groups (broad SMARTS) is 4. The van der Waals surface area contributed by atoms with Crippen LogP contribution < -0.4 is 109 Å². The van der Waals surface area contributed by atoms with Crippen LogP contribution in [0.25, 0.3) is 0 Å². The minimum atomic E-state index is -1.79. The van der Waals surface area contributed by atoms with Gasteiger partial charge in [-0.3, -0.25) is 4.90 Å². The van der Waals surface area contributed by atoms with Gasteiger partial charge in [-0.1, -0.05) is 0 Å². The zero-order valence-corrected chi connectivity index (χ0v) is 18.1. The van der Waals surface area contributed by atoms with Gasteiger partial charge in [-0.25, -0.2) is 0 Å². The number of carbonyl (C=O) groups excluding carboxylic acids is 4. The van der Waals surface area contributed by atoms with Crippen LogP contribution in [-0.4, -0.2) is 47.9 Å². The molecule has 0 aliphatic carbocycles. The molecule has 0 aliphatic heterocycles. The van der Waals surface area contributed by atoms with Gasteiger partial charge in [-0.05, 0) is 12.8 Å². The van der Waals surface area contributed by atoms with Crippen molar-refractivity contribution in [3.05, 3.63) is 0 Å². The Bertz CT molecular complexity index is 355. The van der Waals surface area contributed by atoms with Crippen molar-refractivity contribution in [2.75, 3.05) is 13.1 Å². The van der Waals surface area contributed by atoms with Gasteiger partial charge >= 0.3 is 90.1 Å². The quantitative estimate of drug-likeness (QED) is 0.373. The molecular formula is C9H10NNa3O8. The normalized spacial score (nSPS) is 10.3. The van der Waals surface area contributed by atoms with E-state index in [1.54, 1.807) is 0 Å². The molecule has 0 aromatic carbocycles. The molecule has 9 nitrogen and oxygen atoms in total. The molecule has 12 heteroatoms. The van der Waals surface area contributed by atoms with Crippen LogP contribution in [0.4, 0.5) is 0 Å². The van der Waals surface area contributed by atoms with E-state index in [2.05, 4.69) is 0 Å². The van der Waals surface area contributed by atoms with E-state index < -0.39 is 55.9 Å². The van der Waals surface area contributed by atoms with Crippen LogP contribution in [0.2, 0.25) is 0 Å². The average molecular weight is 329 g/mol. The van der Waals surface area contributed by atoms with Gasteiger partial charge in [-0.15, -0.1) is 0 Å². The van der Waals surface area contributed by atoms with Crippen molar-refractivity contribution in [2.45, 2.75) is 18.9 Å². The Labute approximate surface area is 188 Å². The number of rotatable bonds is 9. The largest absolute Gasteiger partial charge is 1.00 e. The Kier molecular flexibility index (Phi) is 22.3. The molecule has 0 saturated carbocycles. The van der Waals surface area contributed by atoms with E-state index in [9.17, 15) is 39.6 Å². The van der Waals surface area contributed by atoms with Gasteiger partial charge in [0.05, 0.1) is 23.9 Å². The molecule has 102 valence electrons. The average Bonchev–Trinajstić information content (AvgIpc) is 2.14. The monoisotopic (exact) mass is 329 g/mol. The van der Waals surface area contributed by atoms with Gasteiger partial charge in [-0.2, -0.15) is 0 Å². The van der Waals surface area contributed by atoms with Crippen LogP contribution in [0.5, 0.6) is 0 Å². The van der Waals surface area contributed by atoms with Crippen molar-refractivity contribution >= 4 is 23.9 Å². The minimum Gasteiger partial charge on any atom is -0.550 e. The van der Waals surface area contributed by atoms with Gasteiger partial charge in [0.25, 0.3) is 0 Å².